The largest absolute Gasteiger partial charge is 0.312 e. The van der Waals surface area contributed by atoms with Crippen LogP contribution in [0.25, 0.3) is 43.5 Å². The molecule has 0 heterocycles. The summed E-state index contributed by atoms with van der Waals surface area (Å²) in [4.78, 5) is 4.86. The second-order valence-electron chi connectivity index (χ2n) is 13.1. The van der Waals surface area contributed by atoms with Gasteiger partial charge in [0, 0.05) is 31.8 Å². The van der Waals surface area contributed by atoms with Crippen LogP contribution in [-0.4, -0.2) is 19.3 Å². The number of aliphatic imine (C=N–C) groups is 1. The van der Waals surface area contributed by atoms with E-state index in [0.717, 1.165) is 60.3 Å². The highest BCUT2D eigenvalue weighted by molar-refractivity contribution is 6.27. The van der Waals surface area contributed by atoms with Crippen LogP contribution in [0.2, 0.25) is 0 Å². The summed E-state index contributed by atoms with van der Waals surface area (Å²) < 4.78 is 0. The van der Waals surface area contributed by atoms with Crippen molar-refractivity contribution < 1.29 is 0 Å². The van der Waals surface area contributed by atoms with Gasteiger partial charge >= 0.3 is 0 Å². The molecule has 1 aliphatic rings. The molecule has 0 saturated heterocycles. The number of nitrogens with zero attached hydrogens (tertiary/aromatic N) is 1. The van der Waals surface area contributed by atoms with Crippen LogP contribution in [0.1, 0.15) is 35.1 Å². The summed E-state index contributed by atoms with van der Waals surface area (Å²) in [6.45, 7) is 10.5. The van der Waals surface area contributed by atoms with Crippen molar-refractivity contribution in [2.45, 2.75) is 25.8 Å². The molecule has 0 bridgehead atoms. The number of hydrogen-bond acceptors (Lipinski definition) is 2. The maximum absolute atomic E-state index is 4.86. The predicted molar refractivity (Wildman–Crippen MR) is 218 cm³/mol. The van der Waals surface area contributed by atoms with Crippen LogP contribution in [0.3, 0.4) is 0 Å². The minimum Gasteiger partial charge on any atom is -0.312 e. The topological polar surface area (TPSA) is 24.4 Å². The zero-order valence-electron chi connectivity index (χ0n) is 28.9. The van der Waals surface area contributed by atoms with E-state index in [1.165, 1.54) is 49.0 Å². The Kier molecular flexibility index (Phi) is 10.1. The second-order valence-corrected chi connectivity index (χ2v) is 13.1. The molecule has 0 fully saturated rings. The number of rotatable bonds is 12. The molecule has 1 atom stereocenters. The van der Waals surface area contributed by atoms with Crippen molar-refractivity contribution in [1.82, 2.24) is 5.32 Å². The fraction of sp³-hybridized carbons (Fsp3) is 0.146. The summed E-state index contributed by atoms with van der Waals surface area (Å²) in [5.41, 5.74) is 9.27. The summed E-state index contributed by atoms with van der Waals surface area (Å²) >= 11 is 0. The fourth-order valence-corrected chi connectivity index (χ4v) is 7.51. The van der Waals surface area contributed by atoms with Crippen molar-refractivity contribution in [1.29, 1.82) is 0 Å². The smallest absolute Gasteiger partial charge is 0.0460 e. The first-order valence-corrected chi connectivity index (χ1v) is 17.7. The van der Waals surface area contributed by atoms with Gasteiger partial charge in [0.05, 0.1) is 0 Å². The average Bonchev–Trinajstić information content (AvgIpc) is 3.18. The number of fused-ring (bicyclic) bond motifs is 6. The third-order valence-corrected chi connectivity index (χ3v) is 9.89. The number of nitrogens with one attached hydrogen (secondary N) is 1. The van der Waals surface area contributed by atoms with Crippen molar-refractivity contribution in [2.24, 2.45) is 10.9 Å². The molecule has 0 radical (unpaired) electrons. The second kappa shape index (κ2) is 15.3. The maximum atomic E-state index is 4.86. The van der Waals surface area contributed by atoms with E-state index in [2.05, 4.69) is 164 Å². The minimum atomic E-state index is 0.220. The summed E-state index contributed by atoms with van der Waals surface area (Å²) in [6.07, 6.45) is 14.0. The van der Waals surface area contributed by atoms with E-state index >= 15 is 0 Å². The zero-order chi connectivity index (χ0) is 34.3. The van der Waals surface area contributed by atoms with E-state index in [0.29, 0.717) is 0 Å². The van der Waals surface area contributed by atoms with Gasteiger partial charge in [0.15, 0.2) is 0 Å². The SMILES string of the molecule is C=C/C(=C\C(=C)c1cccc2c3ccccc3c3ccccc3c12)c1cccc(CC(CNCc2ccccc2)C(=NC)C2=CCCC=C2)c1. The first-order valence-electron chi connectivity index (χ1n) is 17.7. The monoisotopic (exact) mass is 648 g/mol. The fourth-order valence-electron chi connectivity index (χ4n) is 7.51. The normalized spacial score (nSPS) is 14.2. The predicted octanol–water partition coefficient (Wildman–Crippen LogP) is 11.7. The van der Waals surface area contributed by atoms with E-state index in [4.69, 9.17) is 4.99 Å². The summed E-state index contributed by atoms with van der Waals surface area (Å²) in [6, 6.07) is 43.5. The molecule has 1 unspecified atom stereocenters. The summed E-state index contributed by atoms with van der Waals surface area (Å²) in [5.74, 6) is 0.220. The van der Waals surface area contributed by atoms with Crippen LogP contribution in [0.4, 0.5) is 0 Å². The molecule has 6 aromatic carbocycles. The van der Waals surface area contributed by atoms with Crippen LogP contribution in [0.5, 0.6) is 0 Å². The zero-order valence-corrected chi connectivity index (χ0v) is 28.9. The Labute approximate surface area is 296 Å². The molecule has 2 nitrogen and oxygen atoms in total. The molecule has 1 aliphatic carbocycles. The molecule has 7 rings (SSSR count). The molecule has 6 aromatic rings. The average molecular weight is 649 g/mol. The third kappa shape index (κ3) is 6.94. The van der Waals surface area contributed by atoms with E-state index in [1.54, 1.807) is 0 Å². The summed E-state index contributed by atoms with van der Waals surface area (Å²) in [7, 11) is 1.93. The molecule has 1 N–H and O–H groups in total. The van der Waals surface area contributed by atoms with Gasteiger partial charge in [-0.25, -0.2) is 0 Å². The molecule has 246 valence electrons. The Morgan fingerprint density at radius 3 is 2.08 bits per heavy atom. The van der Waals surface area contributed by atoms with Crippen LogP contribution < -0.4 is 5.32 Å². The quantitative estimate of drug-likeness (QED) is 0.0797. The Morgan fingerprint density at radius 2 is 1.40 bits per heavy atom. The third-order valence-electron chi connectivity index (χ3n) is 9.89. The lowest BCUT2D eigenvalue weighted by Crippen LogP contribution is -2.31. The van der Waals surface area contributed by atoms with Gasteiger partial charge in [0.1, 0.15) is 0 Å². The van der Waals surface area contributed by atoms with Crippen molar-refractivity contribution in [2.75, 3.05) is 13.6 Å². The van der Waals surface area contributed by atoms with Crippen molar-refractivity contribution in [3.05, 3.63) is 193 Å². The van der Waals surface area contributed by atoms with Gasteiger partial charge in [-0.3, -0.25) is 4.99 Å². The molecule has 0 aliphatic heterocycles. The molecule has 2 heteroatoms. The lowest BCUT2D eigenvalue weighted by Gasteiger charge is -2.22. The molecular formula is C48H44N2. The van der Waals surface area contributed by atoms with E-state index in [1.807, 2.05) is 13.1 Å². The Balaban J connectivity index is 1.21. The van der Waals surface area contributed by atoms with Crippen molar-refractivity contribution >= 4 is 49.2 Å². The van der Waals surface area contributed by atoms with Crippen LogP contribution in [-0.2, 0) is 13.0 Å². The molecule has 0 aromatic heterocycles. The van der Waals surface area contributed by atoms with E-state index in [-0.39, 0.29) is 5.92 Å². The lowest BCUT2D eigenvalue weighted by molar-refractivity contribution is 0.578. The summed E-state index contributed by atoms with van der Waals surface area (Å²) in [5, 5.41) is 11.3. The molecular weight excluding hydrogens is 605 g/mol. The van der Waals surface area contributed by atoms with Crippen molar-refractivity contribution in [3.8, 4) is 0 Å². The van der Waals surface area contributed by atoms with Crippen LogP contribution >= 0.6 is 0 Å². The molecule has 50 heavy (non-hydrogen) atoms. The maximum Gasteiger partial charge on any atom is 0.0460 e. The van der Waals surface area contributed by atoms with E-state index < -0.39 is 0 Å². The highest BCUT2D eigenvalue weighted by Crippen LogP contribution is 2.39. The van der Waals surface area contributed by atoms with Crippen LogP contribution in [0, 0.1) is 5.92 Å². The molecule has 0 amide bonds. The van der Waals surface area contributed by atoms with Gasteiger partial charge in [0.2, 0.25) is 0 Å². The Morgan fingerprint density at radius 1 is 0.760 bits per heavy atom. The van der Waals surface area contributed by atoms with E-state index in [9.17, 15) is 0 Å². The van der Waals surface area contributed by atoms with Gasteiger partial charge in [0.25, 0.3) is 0 Å². The van der Waals surface area contributed by atoms with Gasteiger partial charge in [-0.1, -0.05) is 159 Å². The first-order chi connectivity index (χ1) is 24.6. The molecule has 0 spiro atoms. The standard InChI is InChI=1S/C48H44N2/c1-4-37(29-34(2)41-27-16-28-46-44-24-12-11-23-42(44)43-25-13-14-26-45(43)47(41)46)39-22-15-19-36(30-39)31-40(33-50-32-35-17-7-5-8-18-35)48(49-3)38-20-9-6-10-21-38/h4-5,7-9,11-30,40,50H,1-2,6,10,31-33H2,3H3/b37-29+,49-48?. The van der Waals surface area contributed by atoms with Gasteiger partial charge in [-0.2, -0.15) is 0 Å². The number of benzene rings is 6. The molecule has 0 saturated carbocycles. The Bertz CT molecular complexity index is 2270. The Hall–Kier alpha value is -5.57. The first kappa shape index (κ1) is 33.0. The highest BCUT2D eigenvalue weighted by Gasteiger charge is 2.20. The number of allylic oxidation sites excluding steroid dienone is 8. The number of hydrogen-bond donors (Lipinski definition) is 1. The highest BCUT2D eigenvalue weighted by atomic mass is 14.9. The van der Waals surface area contributed by atoms with Gasteiger partial charge in [-0.15, -0.1) is 0 Å². The minimum absolute atomic E-state index is 0.220. The lowest BCUT2D eigenvalue weighted by atomic mass is 9.87. The van der Waals surface area contributed by atoms with Gasteiger partial charge in [-0.05, 0) is 96.6 Å². The van der Waals surface area contributed by atoms with Crippen molar-refractivity contribution in [3.63, 3.8) is 0 Å². The van der Waals surface area contributed by atoms with Crippen LogP contribution in [0.15, 0.2) is 175 Å². The van der Waals surface area contributed by atoms with Gasteiger partial charge < -0.3 is 5.32 Å².